The Balaban J connectivity index is 3.70. The minimum atomic E-state index is -0.103. The van der Waals surface area contributed by atoms with Gasteiger partial charge in [-0.2, -0.15) is 0 Å². The van der Waals surface area contributed by atoms with Crippen molar-refractivity contribution in [3.05, 3.63) is 24.3 Å². The van der Waals surface area contributed by atoms with Gasteiger partial charge in [-0.25, -0.2) is 0 Å². The second kappa shape index (κ2) is 8.71. The lowest BCUT2D eigenvalue weighted by Crippen LogP contribution is -2.34. The number of amides is 2. The number of carbonyl (C=O) groups excluding carboxylic acids is 2. The topological polar surface area (TPSA) is 58.2 Å². The summed E-state index contributed by atoms with van der Waals surface area (Å²) in [6.45, 7) is 6.66. The van der Waals surface area contributed by atoms with Crippen molar-refractivity contribution in [1.29, 1.82) is 0 Å². The fourth-order valence-electron chi connectivity index (χ4n) is 1.04. The van der Waals surface area contributed by atoms with Crippen molar-refractivity contribution in [2.24, 2.45) is 5.92 Å². The lowest BCUT2D eigenvalue weighted by Gasteiger charge is -2.11. The van der Waals surface area contributed by atoms with Crippen molar-refractivity contribution in [2.45, 2.75) is 20.8 Å². The van der Waals surface area contributed by atoms with E-state index in [2.05, 4.69) is 10.6 Å². The number of carbonyl (C=O) groups is 2. The molecule has 90 valence electrons. The molecule has 0 spiro atoms. The second-order valence-electron chi connectivity index (χ2n) is 3.60. The van der Waals surface area contributed by atoms with Crippen LogP contribution in [0.25, 0.3) is 0 Å². The summed E-state index contributed by atoms with van der Waals surface area (Å²) in [7, 11) is 0. The SMILES string of the molecule is CC=CC(=O)NCC(C)CNC(=O)C=CC. The minimum Gasteiger partial charge on any atom is -0.352 e. The molecule has 0 aliphatic carbocycles. The number of rotatable bonds is 6. The van der Waals surface area contributed by atoms with Crippen LogP contribution in [0.4, 0.5) is 0 Å². The molecule has 4 nitrogen and oxygen atoms in total. The normalized spacial score (nSPS) is 12.9. The molecule has 16 heavy (non-hydrogen) atoms. The van der Waals surface area contributed by atoms with Crippen molar-refractivity contribution >= 4 is 11.8 Å². The summed E-state index contributed by atoms with van der Waals surface area (Å²) in [5.74, 6) is 0.00618. The van der Waals surface area contributed by atoms with E-state index in [1.54, 1.807) is 26.0 Å². The highest BCUT2D eigenvalue weighted by molar-refractivity contribution is 5.87. The van der Waals surface area contributed by atoms with Crippen molar-refractivity contribution in [2.75, 3.05) is 13.1 Å². The smallest absolute Gasteiger partial charge is 0.243 e. The van der Waals surface area contributed by atoms with Crippen LogP contribution in [0, 0.1) is 5.92 Å². The van der Waals surface area contributed by atoms with E-state index in [4.69, 9.17) is 0 Å². The van der Waals surface area contributed by atoms with Crippen LogP contribution in [0.5, 0.6) is 0 Å². The van der Waals surface area contributed by atoms with Crippen LogP contribution in [0.1, 0.15) is 20.8 Å². The van der Waals surface area contributed by atoms with Crippen LogP contribution in [0.3, 0.4) is 0 Å². The van der Waals surface area contributed by atoms with E-state index in [9.17, 15) is 9.59 Å². The molecule has 0 heterocycles. The summed E-state index contributed by atoms with van der Waals surface area (Å²) >= 11 is 0. The summed E-state index contributed by atoms with van der Waals surface area (Å²) in [5, 5.41) is 5.49. The number of hydrogen-bond donors (Lipinski definition) is 2. The van der Waals surface area contributed by atoms with E-state index in [-0.39, 0.29) is 17.7 Å². The molecule has 0 saturated heterocycles. The summed E-state index contributed by atoms with van der Waals surface area (Å²) < 4.78 is 0. The first-order chi connectivity index (χ1) is 7.60. The summed E-state index contributed by atoms with van der Waals surface area (Å²) in [5.41, 5.74) is 0. The first-order valence-corrected chi connectivity index (χ1v) is 5.41. The molecule has 0 aliphatic heterocycles. The van der Waals surface area contributed by atoms with E-state index in [0.717, 1.165) is 0 Å². The molecular formula is C12H20N2O2. The lowest BCUT2D eigenvalue weighted by atomic mass is 10.2. The summed E-state index contributed by atoms with van der Waals surface area (Å²) in [6.07, 6.45) is 6.33. The number of allylic oxidation sites excluding steroid dienone is 2. The van der Waals surface area contributed by atoms with Gasteiger partial charge in [-0.3, -0.25) is 9.59 Å². The van der Waals surface area contributed by atoms with Crippen LogP contribution < -0.4 is 10.6 Å². The third-order valence-electron chi connectivity index (χ3n) is 1.89. The molecule has 0 saturated carbocycles. The maximum atomic E-state index is 11.1. The Kier molecular flexibility index (Phi) is 7.85. The zero-order valence-corrected chi connectivity index (χ0v) is 10.1. The molecule has 0 fully saturated rings. The monoisotopic (exact) mass is 224 g/mol. The standard InChI is InChI=1S/C12H20N2O2/c1-4-6-11(15)13-8-10(3)9-14-12(16)7-5-2/h4-7,10H,8-9H2,1-3H3,(H,13,15)(H,14,16). The van der Waals surface area contributed by atoms with Crippen LogP contribution in [-0.2, 0) is 9.59 Å². The Hall–Kier alpha value is -1.58. The molecule has 0 aliphatic rings. The van der Waals surface area contributed by atoms with Gasteiger partial charge in [0.25, 0.3) is 0 Å². The van der Waals surface area contributed by atoms with Crippen molar-refractivity contribution in [3.8, 4) is 0 Å². The highest BCUT2D eigenvalue weighted by Gasteiger charge is 2.04. The Morgan fingerprint density at radius 1 is 1.00 bits per heavy atom. The van der Waals surface area contributed by atoms with Gasteiger partial charge >= 0.3 is 0 Å². The molecule has 2 N–H and O–H groups in total. The van der Waals surface area contributed by atoms with E-state index in [1.165, 1.54) is 12.2 Å². The third-order valence-corrected chi connectivity index (χ3v) is 1.89. The molecule has 4 heteroatoms. The molecule has 0 aromatic rings. The molecule has 0 atom stereocenters. The molecule has 0 radical (unpaired) electrons. The summed E-state index contributed by atoms with van der Waals surface area (Å²) in [6, 6.07) is 0. The number of nitrogens with one attached hydrogen (secondary N) is 2. The van der Waals surface area contributed by atoms with Crippen molar-refractivity contribution < 1.29 is 9.59 Å². The highest BCUT2D eigenvalue weighted by Crippen LogP contribution is 1.90. The van der Waals surface area contributed by atoms with Gasteiger partial charge in [0.05, 0.1) is 0 Å². The third kappa shape index (κ3) is 7.79. The molecule has 0 bridgehead atoms. The van der Waals surface area contributed by atoms with Crippen molar-refractivity contribution in [1.82, 2.24) is 10.6 Å². The number of hydrogen-bond acceptors (Lipinski definition) is 2. The van der Waals surface area contributed by atoms with E-state index >= 15 is 0 Å². The molecule has 0 aromatic carbocycles. The Bertz CT molecular complexity index is 255. The molecular weight excluding hydrogens is 204 g/mol. The fourth-order valence-corrected chi connectivity index (χ4v) is 1.04. The van der Waals surface area contributed by atoms with Gasteiger partial charge in [0, 0.05) is 13.1 Å². The van der Waals surface area contributed by atoms with Gasteiger partial charge in [0.2, 0.25) is 11.8 Å². The van der Waals surface area contributed by atoms with Gasteiger partial charge in [0.1, 0.15) is 0 Å². The van der Waals surface area contributed by atoms with Crippen molar-refractivity contribution in [3.63, 3.8) is 0 Å². The average molecular weight is 224 g/mol. The zero-order valence-electron chi connectivity index (χ0n) is 10.1. The second-order valence-corrected chi connectivity index (χ2v) is 3.60. The van der Waals surface area contributed by atoms with Gasteiger partial charge in [-0.15, -0.1) is 0 Å². The first-order valence-electron chi connectivity index (χ1n) is 5.41. The predicted molar refractivity (Wildman–Crippen MR) is 64.8 cm³/mol. The molecule has 2 amide bonds. The van der Waals surface area contributed by atoms with E-state index < -0.39 is 0 Å². The Labute approximate surface area is 96.8 Å². The highest BCUT2D eigenvalue weighted by atomic mass is 16.2. The largest absolute Gasteiger partial charge is 0.352 e. The fraction of sp³-hybridized carbons (Fsp3) is 0.500. The molecule has 0 unspecified atom stereocenters. The van der Waals surface area contributed by atoms with Gasteiger partial charge in [-0.1, -0.05) is 19.1 Å². The van der Waals surface area contributed by atoms with Crippen LogP contribution in [-0.4, -0.2) is 24.9 Å². The zero-order chi connectivity index (χ0) is 12.4. The Morgan fingerprint density at radius 2 is 1.38 bits per heavy atom. The van der Waals surface area contributed by atoms with E-state index in [1.807, 2.05) is 6.92 Å². The van der Waals surface area contributed by atoms with Gasteiger partial charge < -0.3 is 10.6 Å². The van der Waals surface area contributed by atoms with Gasteiger partial charge in [0.15, 0.2) is 0 Å². The maximum absolute atomic E-state index is 11.1. The van der Waals surface area contributed by atoms with Crippen LogP contribution in [0.15, 0.2) is 24.3 Å². The van der Waals surface area contributed by atoms with Crippen LogP contribution >= 0.6 is 0 Å². The molecule has 0 aromatic heterocycles. The van der Waals surface area contributed by atoms with Crippen LogP contribution in [0.2, 0.25) is 0 Å². The quantitative estimate of drug-likeness (QED) is 0.661. The van der Waals surface area contributed by atoms with Gasteiger partial charge in [-0.05, 0) is 31.9 Å². The molecule has 0 rings (SSSR count). The first kappa shape index (κ1) is 14.4. The predicted octanol–water partition coefficient (Wildman–Crippen LogP) is 1.01. The maximum Gasteiger partial charge on any atom is 0.243 e. The lowest BCUT2D eigenvalue weighted by molar-refractivity contribution is -0.116. The summed E-state index contributed by atoms with van der Waals surface area (Å²) in [4.78, 5) is 22.2. The Morgan fingerprint density at radius 3 is 1.69 bits per heavy atom. The average Bonchev–Trinajstić information content (AvgIpc) is 2.24. The van der Waals surface area contributed by atoms with E-state index in [0.29, 0.717) is 13.1 Å². The minimum absolute atomic E-state index is 0.103.